The zero-order valence-corrected chi connectivity index (χ0v) is 32.9. The van der Waals surface area contributed by atoms with Crippen molar-refractivity contribution in [3.8, 4) is 11.5 Å². The number of carbonyl (C=O) groups is 4. The highest BCUT2D eigenvalue weighted by Crippen LogP contribution is 2.40. The van der Waals surface area contributed by atoms with E-state index in [9.17, 15) is 19.2 Å². The highest BCUT2D eigenvalue weighted by molar-refractivity contribution is 6.01. The normalized spacial score (nSPS) is 18.7. The molecule has 0 saturated carbocycles. The molecule has 2 aliphatic rings. The molecule has 0 aliphatic heterocycles. The molecule has 2 aromatic rings. The van der Waals surface area contributed by atoms with Crippen LogP contribution < -0.4 is 9.47 Å². The van der Waals surface area contributed by atoms with Crippen molar-refractivity contribution in [2.45, 2.75) is 94.9 Å². The van der Waals surface area contributed by atoms with E-state index in [2.05, 4.69) is 39.8 Å². The minimum Gasteiger partial charge on any atom is -0.490 e. The number of ether oxygens (including phenoxy) is 2. The van der Waals surface area contributed by atoms with Crippen LogP contribution in [-0.2, 0) is 9.59 Å². The molecule has 0 radical (unpaired) electrons. The maximum Gasteiger partial charge on any atom is 0.165 e. The molecule has 2 aliphatic carbocycles. The Morgan fingerprint density at radius 1 is 0.577 bits per heavy atom. The van der Waals surface area contributed by atoms with Gasteiger partial charge in [-0.3, -0.25) is 19.2 Å². The van der Waals surface area contributed by atoms with Gasteiger partial charge in [-0.2, -0.15) is 0 Å². The van der Waals surface area contributed by atoms with Gasteiger partial charge in [0, 0.05) is 47.0 Å². The molecule has 52 heavy (non-hydrogen) atoms. The van der Waals surface area contributed by atoms with Crippen molar-refractivity contribution in [3.05, 3.63) is 106 Å². The fourth-order valence-corrected chi connectivity index (χ4v) is 7.63. The van der Waals surface area contributed by atoms with Crippen molar-refractivity contribution in [2.24, 2.45) is 34.5 Å². The number of allylic oxidation sites excluding steroid dienone is 8. The highest BCUT2D eigenvalue weighted by Gasteiger charge is 2.34. The molecule has 4 unspecified atom stereocenters. The van der Waals surface area contributed by atoms with Gasteiger partial charge in [-0.1, -0.05) is 79.7 Å². The molecular weight excluding hydrogens is 649 g/mol. The maximum atomic E-state index is 13.3. The molecule has 0 aromatic heterocycles. The minimum atomic E-state index is -0.302. The van der Waals surface area contributed by atoms with Crippen LogP contribution in [0.1, 0.15) is 116 Å². The highest BCUT2D eigenvalue weighted by atomic mass is 16.5. The predicted molar refractivity (Wildman–Crippen MR) is 209 cm³/mol. The van der Waals surface area contributed by atoms with E-state index in [-0.39, 0.29) is 57.6 Å². The zero-order valence-electron chi connectivity index (χ0n) is 32.9. The van der Waals surface area contributed by atoms with Crippen LogP contribution in [0, 0.1) is 34.5 Å². The lowest BCUT2D eigenvalue weighted by Crippen LogP contribution is -2.28. The summed E-state index contributed by atoms with van der Waals surface area (Å²) in [5.41, 5.74) is 4.59. The Hall–Kier alpha value is -4.32. The van der Waals surface area contributed by atoms with Crippen LogP contribution in [0.3, 0.4) is 0 Å². The first-order valence-corrected chi connectivity index (χ1v) is 18.8. The molecule has 0 fully saturated rings. The van der Waals surface area contributed by atoms with E-state index < -0.39 is 0 Å². The Kier molecular flexibility index (Phi) is 13.2. The van der Waals surface area contributed by atoms with Crippen molar-refractivity contribution in [1.82, 2.24) is 0 Å². The average molecular weight is 707 g/mol. The number of hydrogen-bond acceptors (Lipinski definition) is 6. The lowest BCUT2D eigenvalue weighted by Gasteiger charge is -2.31. The summed E-state index contributed by atoms with van der Waals surface area (Å²) < 4.78 is 11.7. The number of carbonyl (C=O) groups excluding carboxylic acids is 4. The van der Waals surface area contributed by atoms with E-state index in [1.165, 1.54) is 0 Å². The van der Waals surface area contributed by atoms with Crippen LogP contribution in [-0.4, -0.2) is 36.3 Å². The van der Waals surface area contributed by atoms with Gasteiger partial charge in [-0.15, -0.1) is 0 Å². The number of rotatable bonds is 17. The van der Waals surface area contributed by atoms with E-state index in [0.29, 0.717) is 48.7 Å². The second kappa shape index (κ2) is 17.0. The minimum absolute atomic E-state index is 0.0110. The first-order valence-electron chi connectivity index (χ1n) is 18.8. The van der Waals surface area contributed by atoms with Gasteiger partial charge in [-0.25, -0.2) is 0 Å². The summed E-state index contributed by atoms with van der Waals surface area (Å²) in [5.74, 6) is 0.744. The third-order valence-corrected chi connectivity index (χ3v) is 11.1. The second-order valence-electron chi connectivity index (χ2n) is 16.4. The third kappa shape index (κ3) is 9.76. The number of Topliss-reactive ketones (excluding diaryl/α,β-unsaturated/α-hetero) is 4. The first kappa shape index (κ1) is 40.5. The van der Waals surface area contributed by atoms with Crippen molar-refractivity contribution < 1.29 is 28.7 Å². The van der Waals surface area contributed by atoms with Gasteiger partial charge in [0.15, 0.2) is 23.1 Å². The Labute approximate surface area is 311 Å². The van der Waals surface area contributed by atoms with Gasteiger partial charge < -0.3 is 9.47 Å². The summed E-state index contributed by atoms with van der Waals surface area (Å²) in [6.07, 6.45) is 10.7. The summed E-state index contributed by atoms with van der Waals surface area (Å²) in [7, 11) is 0. The van der Waals surface area contributed by atoms with Gasteiger partial charge >= 0.3 is 0 Å². The summed E-state index contributed by atoms with van der Waals surface area (Å²) in [6, 6.07) is 14.2. The molecule has 0 N–H and O–H groups in total. The molecule has 4 atom stereocenters. The standard InChI is InChI=1S/C46H58O6/c1-29-13-11-23-45(7,8)41(29)39(47)27-31(3)33(5)43(49)35-15-19-37(20-16-35)51-25-26-52-38-21-17-36(18-22-38)44(50)34(6)32(4)28-40(48)42-30(2)14-12-24-46(42,9)10/h11-22,31-34H,23-28H2,1-10H3. The zero-order chi connectivity index (χ0) is 38.4. The molecule has 0 heterocycles. The summed E-state index contributed by atoms with van der Waals surface area (Å²) >= 11 is 0. The summed E-state index contributed by atoms with van der Waals surface area (Å²) in [5, 5.41) is 0. The van der Waals surface area contributed by atoms with Crippen LogP contribution >= 0.6 is 0 Å². The molecule has 0 amide bonds. The van der Waals surface area contributed by atoms with Gasteiger partial charge in [0.1, 0.15) is 24.7 Å². The van der Waals surface area contributed by atoms with Gasteiger partial charge in [-0.05, 0) is 109 Å². The van der Waals surface area contributed by atoms with Crippen LogP contribution in [0.4, 0.5) is 0 Å². The third-order valence-electron chi connectivity index (χ3n) is 11.1. The second-order valence-corrected chi connectivity index (χ2v) is 16.4. The number of hydrogen-bond donors (Lipinski definition) is 0. The van der Waals surface area contributed by atoms with E-state index in [4.69, 9.17) is 9.47 Å². The lowest BCUT2D eigenvalue weighted by atomic mass is 9.72. The van der Waals surface area contributed by atoms with E-state index in [1.54, 1.807) is 48.5 Å². The molecule has 278 valence electrons. The predicted octanol–water partition coefficient (Wildman–Crippen LogP) is 10.6. The molecule has 0 saturated heterocycles. The molecule has 6 heteroatoms. The first-order chi connectivity index (χ1) is 24.4. The SMILES string of the molecule is CC1=C(C(=O)CC(C)C(C)C(=O)c2ccc(OCCOc3ccc(C(=O)C(C)C(C)CC(=O)C4=C(C)C=CCC4(C)C)cc3)cc2)C(C)(C)CC=C1. The van der Waals surface area contributed by atoms with Gasteiger partial charge in [0.05, 0.1) is 0 Å². The van der Waals surface area contributed by atoms with E-state index in [0.717, 1.165) is 35.1 Å². The van der Waals surface area contributed by atoms with Crippen molar-refractivity contribution in [1.29, 1.82) is 0 Å². The number of ketones is 4. The van der Waals surface area contributed by atoms with Gasteiger partial charge in [0.2, 0.25) is 0 Å². The van der Waals surface area contributed by atoms with E-state index in [1.807, 2.05) is 53.7 Å². The Morgan fingerprint density at radius 3 is 1.21 bits per heavy atom. The smallest absolute Gasteiger partial charge is 0.165 e. The molecule has 0 spiro atoms. The fraction of sp³-hybridized carbons (Fsp3) is 0.478. The van der Waals surface area contributed by atoms with Crippen LogP contribution in [0.15, 0.2) is 95.1 Å². The van der Waals surface area contributed by atoms with Crippen LogP contribution in [0.25, 0.3) is 0 Å². The maximum absolute atomic E-state index is 13.3. The molecule has 6 nitrogen and oxygen atoms in total. The summed E-state index contributed by atoms with van der Waals surface area (Å²) in [4.78, 5) is 53.2. The van der Waals surface area contributed by atoms with E-state index >= 15 is 0 Å². The fourth-order valence-electron chi connectivity index (χ4n) is 7.63. The quantitative estimate of drug-likeness (QED) is 0.120. The molecular formula is C46H58O6. The van der Waals surface area contributed by atoms with Crippen molar-refractivity contribution in [2.75, 3.05) is 13.2 Å². The topological polar surface area (TPSA) is 86.7 Å². The summed E-state index contributed by atoms with van der Waals surface area (Å²) in [6.45, 7) is 20.8. The Morgan fingerprint density at radius 2 is 0.904 bits per heavy atom. The van der Waals surface area contributed by atoms with Crippen LogP contribution in [0.2, 0.25) is 0 Å². The average Bonchev–Trinajstić information content (AvgIpc) is 3.08. The molecule has 0 bridgehead atoms. The van der Waals surface area contributed by atoms with Crippen molar-refractivity contribution in [3.63, 3.8) is 0 Å². The number of benzene rings is 2. The Bertz CT molecular complexity index is 1630. The monoisotopic (exact) mass is 706 g/mol. The lowest BCUT2D eigenvalue weighted by molar-refractivity contribution is -0.118. The molecule has 2 aromatic carbocycles. The largest absolute Gasteiger partial charge is 0.490 e. The van der Waals surface area contributed by atoms with Crippen LogP contribution in [0.5, 0.6) is 11.5 Å². The Balaban J connectivity index is 1.22. The van der Waals surface area contributed by atoms with Crippen molar-refractivity contribution >= 4 is 23.1 Å². The van der Waals surface area contributed by atoms with Gasteiger partial charge in [0.25, 0.3) is 0 Å². The molecule has 4 rings (SSSR count).